The molecule has 0 radical (unpaired) electrons. The van der Waals surface area contributed by atoms with Crippen molar-refractivity contribution in [3.8, 4) is 11.5 Å². The number of ether oxygens (including phenoxy) is 2. The second-order valence-corrected chi connectivity index (χ2v) is 8.78. The summed E-state index contributed by atoms with van der Waals surface area (Å²) < 4.78 is 11.3. The zero-order valence-corrected chi connectivity index (χ0v) is 20.8. The number of hydrogen-bond acceptors (Lipinski definition) is 5. The van der Waals surface area contributed by atoms with Crippen LogP contribution in [-0.4, -0.2) is 48.1 Å². The first-order valence-electron chi connectivity index (χ1n) is 12.0. The van der Waals surface area contributed by atoms with Crippen LogP contribution in [0, 0.1) is 0 Å². The molecular formula is C28H29N3O4S. The fourth-order valence-electron chi connectivity index (χ4n) is 3.88. The molecule has 0 spiro atoms. The first-order valence-corrected chi connectivity index (χ1v) is 12.4. The molecule has 4 rings (SSSR count). The summed E-state index contributed by atoms with van der Waals surface area (Å²) in [6, 6.07) is 23.5. The molecule has 2 N–H and O–H groups in total. The van der Waals surface area contributed by atoms with Gasteiger partial charge in [-0.3, -0.25) is 14.9 Å². The third-order valence-electron chi connectivity index (χ3n) is 5.72. The number of para-hydroxylation sites is 1. The van der Waals surface area contributed by atoms with Gasteiger partial charge < -0.3 is 19.7 Å². The average Bonchev–Trinajstić information content (AvgIpc) is 2.92. The van der Waals surface area contributed by atoms with Crippen molar-refractivity contribution in [1.82, 2.24) is 10.2 Å². The number of anilines is 1. The molecule has 1 heterocycles. The molecule has 0 unspecified atom stereocenters. The van der Waals surface area contributed by atoms with Crippen LogP contribution in [0.4, 0.5) is 5.69 Å². The molecule has 1 fully saturated rings. The normalized spacial score (nSPS) is 12.9. The maximum absolute atomic E-state index is 12.7. The van der Waals surface area contributed by atoms with Gasteiger partial charge in [0.15, 0.2) is 5.11 Å². The van der Waals surface area contributed by atoms with E-state index in [2.05, 4.69) is 10.6 Å². The van der Waals surface area contributed by atoms with Crippen LogP contribution in [0.3, 0.4) is 0 Å². The van der Waals surface area contributed by atoms with Gasteiger partial charge in [0.1, 0.15) is 24.7 Å². The number of carbonyl (C=O) groups is 2. The highest BCUT2D eigenvalue weighted by molar-refractivity contribution is 7.80. The van der Waals surface area contributed by atoms with Crippen molar-refractivity contribution >= 4 is 34.8 Å². The number of thiocarbonyl (C=S) groups is 1. The number of piperidine rings is 1. The maximum Gasteiger partial charge on any atom is 0.257 e. The fourth-order valence-corrected chi connectivity index (χ4v) is 4.09. The van der Waals surface area contributed by atoms with E-state index in [-0.39, 0.29) is 16.9 Å². The third-order valence-corrected chi connectivity index (χ3v) is 5.92. The number of hydrogen-bond donors (Lipinski definition) is 2. The number of nitrogens with one attached hydrogen (secondary N) is 2. The number of rotatable bonds is 8. The first kappa shape index (κ1) is 25.2. The Kier molecular flexibility index (Phi) is 8.88. The highest BCUT2D eigenvalue weighted by Gasteiger charge is 2.18. The fraction of sp³-hybridized carbons (Fsp3) is 0.250. The second-order valence-electron chi connectivity index (χ2n) is 8.38. The Balaban J connectivity index is 1.24. The molecule has 0 saturated carbocycles. The van der Waals surface area contributed by atoms with E-state index in [4.69, 9.17) is 21.7 Å². The number of likely N-dealkylation sites (tertiary alicyclic amines) is 1. The lowest BCUT2D eigenvalue weighted by atomic mass is 10.1. The predicted molar refractivity (Wildman–Crippen MR) is 144 cm³/mol. The van der Waals surface area contributed by atoms with E-state index in [1.54, 1.807) is 48.5 Å². The van der Waals surface area contributed by atoms with Crippen LogP contribution in [0.5, 0.6) is 11.5 Å². The standard InChI is InChI=1S/C28H29N3O4S/c32-26(22-8-7-11-25(20-22)35-19-18-34-24-9-3-1-4-10-24)30-28(36)29-23-14-12-21(13-15-23)27(33)31-16-5-2-6-17-31/h1,3-4,7-15,20H,2,5-6,16-19H2,(H2,29,30,32,36). The van der Waals surface area contributed by atoms with Crippen molar-refractivity contribution < 1.29 is 19.1 Å². The van der Waals surface area contributed by atoms with Gasteiger partial charge in [0.05, 0.1) is 0 Å². The van der Waals surface area contributed by atoms with Crippen LogP contribution in [0.2, 0.25) is 0 Å². The van der Waals surface area contributed by atoms with E-state index in [9.17, 15) is 9.59 Å². The van der Waals surface area contributed by atoms with E-state index in [1.807, 2.05) is 35.2 Å². The van der Waals surface area contributed by atoms with E-state index >= 15 is 0 Å². The van der Waals surface area contributed by atoms with Gasteiger partial charge >= 0.3 is 0 Å². The molecule has 0 atom stereocenters. The van der Waals surface area contributed by atoms with E-state index in [0.29, 0.717) is 35.8 Å². The minimum absolute atomic E-state index is 0.0471. The van der Waals surface area contributed by atoms with Crippen LogP contribution in [0.15, 0.2) is 78.9 Å². The van der Waals surface area contributed by atoms with Gasteiger partial charge in [-0.25, -0.2) is 0 Å². The highest BCUT2D eigenvalue weighted by Crippen LogP contribution is 2.17. The first-order chi connectivity index (χ1) is 17.6. The van der Waals surface area contributed by atoms with Crippen molar-refractivity contribution in [1.29, 1.82) is 0 Å². The molecular weight excluding hydrogens is 474 g/mol. The Bertz CT molecular complexity index is 1180. The third kappa shape index (κ3) is 7.29. The monoisotopic (exact) mass is 503 g/mol. The number of nitrogens with zero attached hydrogens (tertiary/aromatic N) is 1. The molecule has 8 heteroatoms. The SMILES string of the molecule is O=C(NC(=S)Nc1ccc(C(=O)N2CCCCC2)cc1)c1cccc(OCCOc2ccccc2)c1. The van der Waals surface area contributed by atoms with E-state index < -0.39 is 0 Å². The Morgan fingerprint density at radius 3 is 2.17 bits per heavy atom. The summed E-state index contributed by atoms with van der Waals surface area (Å²) in [4.78, 5) is 27.2. The van der Waals surface area contributed by atoms with E-state index in [1.165, 1.54) is 6.42 Å². The largest absolute Gasteiger partial charge is 0.490 e. The predicted octanol–water partition coefficient (Wildman–Crippen LogP) is 4.90. The molecule has 186 valence electrons. The molecule has 0 aliphatic carbocycles. The summed E-state index contributed by atoms with van der Waals surface area (Å²) in [6.45, 7) is 2.35. The van der Waals surface area contributed by atoms with E-state index in [0.717, 1.165) is 31.7 Å². The molecule has 3 aromatic carbocycles. The Morgan fingerprint density at radius 1 is 0.778 bits per heavy atom. The highest BCUT2D eigenvalue weighted by atomic mass is 32.1. The van der Waals surface area contributed by atoms with Crippen LogP contribution in [-0.2, 0) is 0 Å². The molecule has 0 bridgehead atoms. The van der Waals surface area contributed by atoms with Crippen LogP contribution < -0.4 is 20.1 Å². The molecule has 1 saturated heterocycles. The number of amides is 2. The Labute approximate surface area is 216 Å². The lowest BCUT2D eigenvalue weighted by Crippen LogP contribution is -2.35. The molecule has 36 heavy (non-hydrogen) atoms. The van der Waals surface area contributed by atoms with Gasteiger partial charge in [-0.15, -0.1) is 0 Å². The minimum Gasteiger partial charge on any atom is -0.490 e. The molecule has 1 aliphatic heterocycles. The number of benzene rings is 3. The Morgan fingerprint density at radius 2 is 1.44 bits per heavy atom. The zero-order chi connectivity index (χ0) is 25.2. The molecule has 7 nitrogen and oxygen atoms in total. The van der Waals surface area contributed by atoms with Crippen LogP contribution in [0.1, 0.15) is 40.0 Å². The molecule has 1 aliphatic rings. The lowest BCUT2D eigenvalue weighted by Gasteiger charge is -2.26. The van der Waals surface area contributed by atoms with Gasteiger partial charge in [0, 0.05) is 29.9 Å². The Hall–Kier alpha value is -3.91. The van der Waals surface area contributed by atoms with Crippen LogP contribution >= 0.6 is 12.2 Å². The molecule has 2 amide bonds. The maximum atomic E-state index is 12.7. The lowest BCUT2D eigenvalue weighted by molar-refractivity contribution is 0.0724. The molecule has 0 aromatic heterocycles. The summed E-state index contributed by atoms with van der Waals surface area (Å²) >= 11 is 5.30. The summed E-state index contributed by atoms with van der Waals surface area (Å²) in [5, 5.41) is 5.83. The second kappa shape index (κ2) is 12.7. The van der Waals surface area contributed by atoms with Crippen molar-refractivity contribution in [2.24, 2.45) is 0 Å². The minimum atomic E-state index is -0.351. The summed E-state index contributed by atoms with van der Waals surface area (Å²) in [5.74, 6) is 1.03. The quantitative estimate of drug-likeness (QED) is 0.336. The van der Waals surface area contributed by atoms with Gasteiger partial charge in [0.25, 0.3) is 11.8 Å². The zero-order valence-electron chi connectivity index (χ0n) is 19.9. The molecule has 3 aromatic rings. The van der Waals surface area contributed by atoms with Crippen LogP contribution in [0.25, 0.3) is 0 Å². The average molecular weight is 504 g/mol. The summed E-state index contributed by atoms with van der Waals surface area (Å²) in [7, 11) is 0. The van der Waals surface area contributed by atoms with Crippen molar-refractivity contribution in [3.63, 3.8) is 0 Å². The number of carbonyl (C=O) groups excluding carboxylic acids is 2. The van der Waals surface area contributed by atoms with Gasteiger partial charge in [-0.2, -0.15) is 0 Å². The van der Waals surface area contributed by atoms with Crippen molar-refractivity contribution in [3.05, 3.63) is 90.0 Å². The van der Waals surface area contributed by atoms with Crippen molar-refractivity contribution in [2.75, 3.05) is 31.6 Å². The summed E-state index contributed by atoms with van der Waals surface area (Å²) in [6.07, 6.45) is 3.28. The van der Waals surface area contributed by atoms with Gasteiger partial charge in [0.2, 0.25) is 0 Å². The van der Waals surface area contributed by atoms with Gasteiger partial charge in [-0.05, 0) is 86.1 Å². The van der Waals surface area contributed by atoms with Crippen molar-refractivity contribution in [2.45, 2.75) is 19.3 Å². The summed E-state index contributed by atoms with van der Waals surface area (Å²) in [5.41, 5.74) is 1.75. The smallest absolute Gasteiger partial charge is 0.257 e. The van der Waals surface area contributed by atoms with Gasteiger partial charge in [-0.1, -0.05) is 24.3 Å². The topological polar surface area (TPSA) is 79.9 Å².